The topological polar surface area (TPSA) is 47.8 Å². The highest BCUT2D eigenvalue weighted by molar-refractivity contribution is 7.25. The summed E-state index contributed by atoms with van der Waals surface area (Å²) in [4.78, 5) is 22.7. The van der Waals surface area contributed by atoms with Crippen molar-refractivity contribution in [2.75, 3.05) is 0 Å². The van der Waals surface area contributed by atoms with Crippen molar-refractivity contribution < 1.29 is 0 Å². The van der Waals surface area contributed by atoms with Gasteiger partial charge in [-0.15, -0.1) is 11.3 Å². The minimum absolute atomic E-state index is 0.0792. The van der Waals surface area contributed by atoms with E-state index in [0.717, 1.165) is 39.8 Å². The Bertz CT molecular complexity index is 866. The second-order valence-corrected chi connectivity index (χ2v) is 6.94. The van der Waals surface area contributed by atoms with E-state index < -0.39 is 0 Å². The summed E-state index contributed by atoms with van der Waals surface area (Å²) in [5, 5.41) is 1.06. The molecule has 0 fully saturated rings. The summed E-state index contributed by atoms with van der Waals surface area (Å²) in [7, 11) is 0. The van der Waals surface area contributed by atoms with Crippen LogP contribution in [0.5, 0.6) is 0 Å². The van der Waals surface area contributed by atoms with Gasteiger partial charge < -0.3 is 0 Å². The van der Waals surface area contributed by atoms with E-state index in [2.05, 4.69) is 23.8 Å². The maximum Gasteiger partial charge on any atom is 0.271 e. The monoisotopic (exact) mass is 329 g/mol. The summed E-state index contributed by atoms with van der Waals surface area (Å²) in [6.45, 7) is 5.09. The predicted octanol–water partition coefficient (Wildman–Crippen LogP) is 4.54. The zero-order valence-corrected chi connectivity index (χ0v) is 14.7. The molecule has 3 rings (SSSR count). The van der Waals surface area contributed by atoms with Crippen LogP contribution in [0.15, 0.2) is 23.4 Å². The first-order valence-corrected chi connectivity index (χ1v) is 9.33. The molecule has 0 N–H and O–H groups in total. The smallest absolute Gasteiger partial charge is 0.271 e. The molecule has 0 aromatic carbocycles. The van der Waals surface area contributed by atoms with E-state index in [-0.39, 0.29) is 5.56 Å². The van der Waals surface area contributed by atoms with Crippen LogP contribution in [0.4, 0.5) is 0 Å². The van der Waals surface area contributed by atoms with Crippen LogP contribution < -0.4 is 5.56 Å². The molecular weight excluding hydrogens is 306 g/mol. The van der Waals surface area contributed by atoms with E-state index in [4.69, 9.17) is 0 Å². The molecule has 5 heteroatoms. The first kappa shape index (κ1) is 16.1. The third kappa shape index (κ3) is 3.15. The van der Waals surface area contributed by atoms with Crippen LogP contribution in [0, 0.1) is 0 Å². The maximum absolute atomic E-state index is 12.7. The number of aryl methyl sites for hydroxylation is 2. The predicted molar refractivity (Wildman–Crippen MR) is 97.3 cm³/mol. The fraction of sp³-hybridized carbons (Fsp3) is 0.500. The number of hydrogen-bond acceptors (Lipinski definition) is 4. The number of unbranched alkanes of at least 4 members (excludes halogenated alkanes) is 4. The number of thiophene rings is 1. The first-order valence-electron chi connectivity index (χ1n) is 8.51. The van der Waals surface area contributed by atoms with Crippen LogP contribution in [-0.4, -0.2) is 14.5 Å². The molecular formula is C18H23N3OS. The second kappa shape index (κ2) is 7.21. The van der Waals surface area contributed by atoms with Crippen LogP contribution in [0.3, 0.4) is 0 Å². The lowest BCUT2D eigenvalue weighted by atomic mass is 10.1. The number of hydrogen-bond donors (Lipinski definition) is 0. The van der Waals surface area contributed by atoms with Crippen molar-refractivity contribution in [2.24, 2.45) is 0 Å². The number of aromatic nitrogens is 3. The highest BCUT2D eigenvalue weighted by Gasteiger charge is 2.14. The van der Waals surface area contributed by atoms with Gasteiger partial charge in [-0.2, -0.15) is 0 Å². The van der Waals surface area contributed by atoms with Gasteiger partial charge in [-0.05, 0) is 24.5 Å². The largest absolute Gasteiger partial charge is 0.298 e. The van der Waals surface area contributed by atoms with Gasteiger partial charge in [0.2, 0.25) is 0 Å². The Kier molecular flexibility index (Phi) is 5.06. The highest BCUT2D eigenvalue weighted by atomic mass is 32.1. The summed E-state index contributed by atoms with van der Waals surface area (Å²) in [5.74, 6) is 0. The van der Waals surface area contributed by atoms with Crippen molar-refractivity contribution in [1.82, 2.24) is 14.5 Å². The molecule has 23 heavy (non-hydrogen) atoms. The van der Waals surface area contributed by atoms with Crippen LogP contribution in [0.1, 0.15) is 51.5 Å². The Morgan fingerprint density at radius 1 is 1.13 bits per heavy atom. The molecule has 0 saturated heterocycles. The van der Waals surface area contributed by atoms with Crippen molar-refractivity contribution in [3.8, 4) is 0 Å². The standard InChI is InChI=1S/C18H23N3OS/c1-3-5-6-7-8-11-21-12-20-15-14-13(4-2)9-10-19-17(14)23-16(15)18(21)22/h9-10,12H,3-8,11H2,1-2H3. The van der Waals surface area contributed by atoms with E-state index in [9.17, 15) is 4.79 Å². The Morgan fingerprint density at radius 3 is 2.74 bits per heavy atom. The lowest BCUT2D eigenvalue weighted by molar-refractivity contribution is 0.556. The van der Waals surface area contributed by atoms with E-state index >= 15 is 0 Å². The molecule has 0 saturated carbocycles. The van der Waals surface area contributed by atoms with Crippen LogP contribution in [0.2, 0.25) is 0 Å². The van der Waals surface area contributed by atoms with E-state index in [1.807, 2.05) is 12.3 Å². The van der Waals surface area contributed by atoms with Crippen molar-refractivity contribution >= 4 is 31.8 Å². The Balaban J connectivity index is 1.93. The van der Waals surface area contributed by atoms with Gasteiger partial charge >= 0.3 is 0 Å². The molecule has 0 amide bonds. The van der Waals surface area contributed by atoms with Crippen LogP contribution in [-0.2, 0) is 13.0 Å². The quantitative estimate of drug-likeness (QED) is 0.598. The molecule has 0 aliphatic carbocycles. The summed E-state index contributed by atoms with van der Waals surface area (Å²) in [6.07, 6.45) is 10.4. The minimum atomic E-state index is 0.0792. The fourth-order valence-corrected chi connectivity index (χ4v) is 4.08. The van der Waals surface area contributed by atoms with Crippen molar-refractivity contribution in [3.63, 3.8) is 0 Å². The summed E-state index contributed by atoms with van der Waals surface area (Å²) in [5.41, 5.74) is 2.11. The van der Waals surface area contributed by atoms with Gasteiger partial charge in [-0.3, -0.25) is 9.36 Å². The van der Waals surface area contributed by atoms with Crippen LogP contribution >= 0.6 is 11.3 Å². The zero-order chi connectivity index (χ0) is 16.2. The van der Waals surface area contributed by atoms with Crippen molar-refractivity contribution in [2.45, 2.75) is 58.9 Å². The Morgan fingerprint density at radius 2 is 1.96 bits per heavy atom. The molecule has 0 bridgehead atoms. The van der Waals surface area contributed by atoms with Gasteiger partial charge in [-0.1, -0.05) is 39.5 Å². The lowest BCUT2D eigenvalue weighted by Gasteiger charge is -2.05. The van der Waals surface area contributed by atoms with Crippen molar-refractivity contribution in [1.29, 1.82) is 0 Å². The molecule has 4 nitrogen and oxygen atoms in total. The van der Waals surface area contributed by atoms with Crippen LogP contribution in [0.25, 0.3) is 20.4 Å². The Labute approximate surface area is 140 Å². The molecule has 3 aromatic rings. The molecule has 122 valence electrons. The van der Waals surface area contributed by atoms with Crippen molar-refractivity contribution in [3.05, 3.63) is 34.5 Å². The molecule has 0 atom stereocenters. The summed E-state index contributed by atoms with van der Waals surface area (Å²) < 4.78 is 2.50. The van der Waals surface area contributed by atoms with Gasteiger partial charge in [0, 0.05) is 18.1 Å². The maximum atomic E-state index is 12.7. The van der Waals surface area contributed by atoms with Gasteiger partial charge in [0.25, 0.3) is 5.56 Å². The zero-order valence-electron chi connectivity index (χ0n) is 13.8. The van der Waals surface area contributed by atoms with Gasteiger partial charge in [-0.25, -0.2) is 9.97 Å². The van der Waals surface area contributed by atoms with E-state index in [1.165, 1.54) is 42.6 Å². The minimum Gasteiger partial charge on any atom is -0.298 e. The third-order valence-electron chi connectivity index (χ3n) is 4.32. The molecule has 0 radical (unpaired) electrons. The number of rotatable bonds is 7. The average molecular weight is 329 g/mol. The number of fused-ring (bicyclic) bond motifs is 3. The molecule has 0 aliphatic heterocycles. The molecule has 3 aromatic heterocycles. The normalized spacial score (nSPS) is 11.6. The Hall–Kier alpha value is -1.75. The molecule has 3 heterocycles. The highest BCUT2D eigenvalue weighted by Crippen LogP contribution is 2.31. The second-order valence-electron chi connectivity index (χ2n) is 5.94. The third-order valence-corrected chi connectivity index (χ3v) is 5.39. The summed E-state index contributed by atoms with van der Waals surface area (Å²) >= 11 is 1.47. The lowest BCUT2D eigenvalue weighted by Crippen LogP contribution is -2.19. The first-order chi connectivity index (χ1) is 11.3. The average Bonchev–Trinajstić information content (AvgIpc) is 2.96. The SMILES string of the molecule is CCCCCCCn1cnc2c(sc3nccc(CC)c32)c1=O. The number of nitrogens with zero attached hydrogens (tertiary/aromatic N) is 3. The molecule has 0 spiro atoms. The van der Waals surface area contributed by atoms with Gasteiger partial charge in [0.1, 0.15) is 9.53 Å². The summed E-state index contributed by atoms with van der Waals surface area (Å²) in [6, 6.07) is 2.02. The van der Waals surface area contributed by atoms with E-state index in [1.54, 1.807) is 10.9 Å². The molecule has 0 aliphatic rings. The van der Waals surface area contributed by atoms with E-state index in [0.29, 0.717) is 0 Å². The fourth-order valence-electron chi connectivity index (χ4n) is 2.99. The van der Waals surface area contributed by atoms with Gasteiger partial charge in [0.15, 0.2) is 0 Å². The molecule has 0 unspecified atom stereocenters. The number of pyridine rings is 1. The van der Waals surface area contributed by atoms with Gasteiger partial charge in [0.05, 0.1) is 11.8 Å².